The molecule has 32 heavy (non-hydrogen) atoms. The molecule has 8 nitrogen and oxygen atoms in total. The minimum atomic E-state index is -1.15. The van der Waals surface area contributed by atoms with Gasteiger partial charge in [0, 0.05) is 39.6 Å². The zero-order valence-corrected chi connectivity index (χ0v) is 17.4. The fourth-order valence-corrected chi connectivity index (χ4v) is 3.73. The molecule has 158 valence electrons. The average molecular weight is 425 g/mol. The summed E-state index contributed by atoms with van der Waals surface area (Å²) in [5, 5.41) is 4.98. The largest absolute Gasteiger partial charge is 0.443 e. The minimum Gasteiger partial charge on any atom is -0.443 e. The van der Waals surface area contributed by atoms with Crippen molar-refractivity contribution in [1.82, 2.24) is 24.6 Å². The predicted molar refractivity (Wildman–Crippen MR) is 117 cm³/mol. The number of ketones is 1. The molecule has 0 bridgehead atoms. The highest BCUT2D eigenvalue weighted by molar-refractivity contribution is 6.10. The van der Waals surface area contributed by atoms with Crippen LogP contribution in [0.2, 0.25) is 0 Å². The van der Waals surface area contributed by atoms with Crippen molar-refractivity contribution in [2.45, 2.75) is 20.0 Å². The molecule has 0 amide bonds. The quantitative estimate of drug-likeness (QED) is 0.337. The highest BCUT2D eigenvalue weighted by atomic mass is 16.5. The van der Waals surface area contributed by atoms with Crippen LogP contribution in [0.25, 0.3) is 16.7 Å². The number of carbonyl (C=O) groups excluding carboxylic acids is 2. The van der Waals surface area contributed by atoms with Crippen molar-refractivity contribution in [2.24, 2.45) is 0 Å². The zero-order chi connectivity index (χ0) is 22.2. The van der Waals surface area contributed by atoms with Gasteiger partial charge >= 0.3 is 5.97 Å². The zero-order valence-electron chi connectivity index (χ0n) is 17.4. The number of rotatable bonds is 5. The van der Waals surface area contributed by atoms with Gasteiger partial charge in [0.2, 0.25) is 5.78 Å². The Kier molecular flexibility index (Phi) is 4.74. The predicted octanol–water partition coefficient (Wildman–Crippen LogP) is 4.00. The van der Waals surface area contributed by atoms with Crippen molar-refractivity contribution in [3.05, 3.63) is 95.2 Å². The Balaban J connectivity index is 1.52. The van der Waals surface area contributed by atoms with Gasteiger partial charge in [0.05, 0.1) is 0 Å². The van der Waals surface area contributed by atoms with Gasteiger partial charge in [-0.05, 0) is 26.0 Å². The molecule has 0 aliphatic carbocycles. The maximum absolute atomic E-state index is 13.5. The van der Waals surface area contributed by atoms with E-state index in [0.29, 0.717) is 16.9 Å². The number of hydrogen-bond acceptors (Lipinski definition) is 6. The number of H-pyrrole nitrogens is 1. The number of benzene rings is 2. The highest BCUT2D eigenvalue weighted by Crippen LogP contribution is 2.27. The number of nitrogens with one attached hydrogen (secondary N) is 1. The Bertz CT molecular complexity index is 1470. The lowest BCUT2D eigenvalue weighted by Gasteiger charge is -2.16. The molecule has 0 fully saturated rings. The van der Waals surface area contributed by atoms with Crippen molar-refractivity contribution in [1.29, 1.82) is 0 Å². The van der Waals surface area contributed by atoms with Gasteiger partial charge in [-0.25, -0.2) is 14.3 Å². The lowest BCUT2D eigenvalue weighted by Crippen LogP contribution is -2.21. The first kappa shape index (κ1) is 19.6. The standard InChI is InChI=1S/C24H19N5O3/c1-14-12-15(2)29-24(26-14)27-22(28-29)23(31)32-21(16-8-4-3-5-9-16)20(30)18-13-25-19-11-7-6-10-17(18)19/h3-13,21,25H,1-2H3. The van der Waals surface area contributed by atoms with Crippen LogP contribution in [-0.2, 0) is 4.74 Å². The van der Waals surface area contributed by atoms with Gasteiger partial charge in [0.1, 0.15) is 0 Å². The number of esters is 1. The van der Waals surface area contributed by atoms with Crippen LogP contribution in [0.5, 0.6) is 0 Å². The fourth-order valence-electron chi connectivity index (χ4n) is 3.73. The van der Waals surface area contributed by atoms with E-state index in [1.54, 1.807) is 30.5 Å². The molecule has 3 aromatic heterocycles. The second-order valence-corrected chi connectivity index (χ2v) is 7.49. The Morgan fingerprint density at radius 1 is 1.00 bits per heavy atom. The molecule has 3 heterocycles. The average Bonchev–Trinajstić information content (AvgIpc) is 3.42. The first-order valence-electron chi connectivity index (χ1n) is 10.1. The highest BCUT2D eigenvalue weighted by Gasteiger charge is 2.30. The van der Waals surface area contributed by atoms with Crippen LogP contribution >= 0.6 is 0 Å². The molecule has 1 N–H and O–H groups in total. The molecule has 2 aromatic carbocycles. The number of nitrogens with zero attached hydrogens (tertiary/aromatic N) is 4. The summed E-state index contributed by atoms with van der Waals surface area (Å²) in [6, 6.07) is 18.2. The summed E-state index contributed by atoms with van der Waals surface area (Å²) in [6.45, 7) is 3.68. The van der Waals surface area contributed by atoms with Gasteiger partial charge in [-0.2, -0.15) is 4.98 Å². The molecule has 8 heteroatoms. The molecule has 0 saturated carbocycles. The van der Waals surface area contributed by atoms with Crippen molar-refractivity contribution < 1.29 is 14.3 Å². The van der Waals surface area contributed by atoms with Gasteiger partial charge in [-0.1, -0.05) is 48.5 Å². The monoisotopic (exact) mass is 425 g/mol. The van der Waals surface area contributed by atoms with Crippen LogP contribution < -0.4 is 0 Å². The summed E-state index contributed by atoms with van der Waals surface area (Å²) in [7, 11) is 0. The van der Waals surface area contributed by atoms with Gasteiger partial charge in [0.15, 0.2) is 6.10 Å². The smallest absolute Gasteiger partial charge is 0.379 e. The number of ether oxygens (including phenoxy) is 1. The van der Waals surface area contributed by atoms with Crippen molar-refractivity contribution in [2.75, 3.05) is 0 Å². The molecule has 1 unspecified atom stereocenters. The summed E-state index contributed by atoms with van der Waals surface area (Å²) >= 11 is 0. The summed E-state index contributed by atoms with van der Waals surface area (Å²) in [4.78, 5) is 38.1. The summed E-state index contributed by atoms with van der Waals surface area (Å²) in [5.74, 6) is -0.988. The summed E-state index contributed by atoms with van der Waals surface area (Å²) in [6.07, 6.45) is 0.487. The van der Waals surface area contributed by atoms with Crippen LogP contribution in [0, 0.1) is 13.8 Å². The van der Waals surface area contributed by atoms with E-state index in [-0.39, 0.29) is 11.6 Å². The van der Waals surface area contributed by atoms with E-state index in [2.05, 4.69) is 20.1 Å². The number of carbonyl (C=O) groups is 2. The van der Waals surface area contributed by atoms with Crippen molar-refractivity contribution in [3.63, 3.8) is 0 Å². The Hall–Kier alpha value is -4.33. The van der Waals surface area contributed by atoms with E-state index in [1.165, 1.54) is 4.52 Å². The lowest BCUT2D eigenvalue weighted by molar-refractivity contribution is 0.0269. The van der Waals surface area contributed by atoms with E-state index >= 15 is 0 Å². The van der Waals surface area contributed by atoms with Crippen LogP contribution in [0.4, 0.5) is 0 Å². The topological polar surface area (TPSA) is 102 Å². The molecule has 5 rings (SSSR count). The summed E-state index contributed by atoms with van der Waals surface area (Å²) in [5.41, 5.74) is 3.38. The molecule has 1 atom stereocenters. The van der Waals surface area contributed by atoms with Gasteiger partial charge < -0.3 is 9.72 Å². The lowest BCUT2D eigenvalue weighted by atomic mass is 9.99. The number of aromatic amines is 1. The van der Waals surface area contributed by atoms with Crippen molar-refractivity contribution in [3.8, 4) is 0 Å². The Morgan fingerprint density at radius 2 is 1.75 bits per heavy atom. The Labute approximate surface area is 182 Å². The first-order valence-corrected chi connectivity index (χ1v) is 10.1. The maximum Gasteiger partial charge on any atom is 0.379 e. The maximum atomic E-state index is 13.5. The number of Topliss-reactive ketones (excluding diaryl/α,β-unsaturated/α-hetero) is 1. The van der Waals surface area contributed by atoms with E-state index < -0.39 is 12.1 Å². The van der Waals surface area contributed by atoms with Crippen LogP contribution in [0.15, 0.2) is 66.9 Å². The van der Waals surface area contributed by atoms with Crippen molar-refractivity contribution >= 4 is 28.4 Å². The number of aromatic nitrogens is 5. The van der Waals surface area contributed by atoms with Gasteiger partial charge in [-0.15, -0.1) is 5.10 Å². The van der Waals surface area contributed by atoms with E-state index in [1.807, 2.05) is 50.2 Å². The van der Waals surface area contributed by atoms with E-state index in [0.717, 1.165) is 22.3 Å². The number of hydrogen-bond donors (Lipinski definition) is 1. The van der Waals surface area contributed by atoms with Crippen LogP contribution in [0.3, 0.4) is 0 Å². The normalized spacial score (nSPS) is 12.2. The van der Waals surface area contributed by atoms with E-state index in [4.69, 9.17) is 4.74 Å². The molecule has 5 aromatic rings. The second-order valence-electron chi connectivity index (χ2n) is 7.49. The third-order valence-corrected chi connectivity index (χ3v) is 5.22. The third-order valence-electron chi connectivity index (χ3n) is 5.22. The van der Waals surface area contributed by atoms with Gasteiger partial charge in [-0.3, -0.25) is 4.79 Å². The van der Waals surface area contributed by atoms with Crippen LogP contribution in [0.1, 0.15) is 44.0 Å². The number of aryl methyl sites for hydroxylation is 2. The second kappa shape index (κ2) is 7.73. The molecule has 0 radical (unpaired) electrons. The Morgan fingerprint density at radius 3 is 2.56 bits per heavy atom. The molecular formula is C24H19N5O3. The third kappa shape index (κ3) is 3.41. The van der Waals surface area contributed by atoms with Crippen LogP contribution in [-0.4, -0.2) is 36.3 Å². The molecule has 0 saturated heterocycles. The number of fused-ring (bicyclic) bond motifs is 2. The molecule has 0 aliphatic heterocycles. The molecular weight excluding hydrogens is 406 g/mol. The fraction of sp³-hybridized carbons (Fsp3) is 0.125. The first-order chi connectivity index (χ1) is 15.5. The molecule has 0 spiro atoms. The van der Waals surface area contributed by atoms with E-state index in [9.17, 15) is 9.59 Å². The number of para-hydroxylation sites is 1. The summed E-state index contributed by atoms with van der Waals surface area (Å²) < 4.78 is 7.16. The molecule has 0 aliphatic rings. The minimum absolute atomic E-state index is 0.154. The SMILES string of the molecule is Cc1cc(C)n2nc(C(=O)OC(C(=O)c3c[nH]c4ccccc34)c3ccccc3)nc2n1. The van der Waals surface area contributed by atoms with Gasteiger partial charge in [0.25, 0.3) is 11.6 Å².